The molecule has 2 aromatic rings. The first kappa shape index (κ1) is 11.7. The maximum absolute atomic E-state index is 8.50. The van der Waals surface area contributed by atoms with Gasteiger partial charge in [0.1, 0.15) is 12.4 Å². The summed E-state index contributed by atoms with van der Waals surface area (Å²) >= 11 is 0. The van der Waals surface area contributed by atoms with E-state index < -0.39 is 0 Å². The summed E-state index contributed by atoms with van der Waals surface area (Å²) in [6.45, 7) is 0.552. The maximum Gasteiger partial charge on any atom is 0.226 e. The predicted octanol–water partition coefficient (Wildman–Crippen LogP) is 2.44. The topological polar surface area (TPSA) is 71.9 Å². The highest BCUT2D eigenvalue weighted by molar-refractivity contribution is 5.42. The molecule has 0 bridgehead atoms. The van der Waals surface area contributed by atoms with Gasteiger partial charge >= 0.3 is 0 Å². The summed E-state index contributed by atoms with van der Waals surface area (Å²) in [5, 5.41) is 12.5. The lowest BCUT2D eigenvalue weighted by molar-refractivity contribution is 0.331. The number of fused-ring (bicyclic) bond motifs is 1. The molecule has 1 aliphatic rings. The van der Waals surface area contributed by atoms with Crippen molar-refractivity contribution in [3.8, 4) is 11.8 Å². The van der Waals surface area contributed by atoms with Gasteiger partial charge in [0.25, 0.3) is 0 Å². The van der Waals surface area contributed by atoms with Crippen LogP contribution in [0.5, 0.6) is 5.75 Å². The molecule has 0 amide bonds. The van der Waals surface area contributed by atoms with Crippen molar-refractivity contribution in [1.82, 2.24) is 10.1 Å². The lowest BCUT2D eigenvalue weighted by Gasteiger charge is -2.01. The van der Waals surface area contributed by atoms with Crippen molar-refractivity contribution in [2.75, 3.05) is 6.61 Å². The van der Waals surface area contributed by atoms with Crippen molar-refractivity contribution in [3.63, 3.8) is 0 Å². The largest absolute Gasteiger partial charge is 0.492 e. The van der Waals surface area contributed by atoms with Gasteiger partial charge in [0, 0.05) is 18.4 Å². The number of aryl methyl sites for hydroxylation is 1. The van der Waals surface area contributed by atoms with Crippen LogP contribution in [0.25, 0.3) is 0 Å². The SMILES string of the molecule is N#CCCCc1nc(C2COc3ccccc32)no1. The van der Waals surface area contributed by atoms with E-state index in [-0.39, 0.29) is 5.92 Å². The second kappa shape index (κ2) is 5.11. The Morgan fingerprint density at radius 1 is 1.37 bits per heavy atom. The van der Waals surface area contributed by atoms with Gasteiger partial charge in [-0.15, -0.1) is 0 Å². The molecule has 1 aliphatic heterocycles. The first-order chi connectivity index (χ1) is 9.38. The van der Waals surface area contributed by atoms with Crippen molar-refractivity contribution >= 4 is 0 Å². The van der Waals surface area contributed by atoms with Gasteiger partial charge in [0.2, 0.25) is 5.89 Å². The Morgan fingerprint density at radius 2 is 2.26 bits per heavy atom. The highest BCUT2D eigenvalue weighted by Gasteiger charge is 2.29. The third kappa shape index (κ3) is 2.29. The Hall–Kier alpha value is -2.35. The molecule has 1 unspecified atom stereocenters. The maximum atomic E-state index is 8.50. The van der Waals surface area contributed by atoms with Crippen LogP contribution in [0.15, 0.2) is 28.8 Å². The highest BCUT2D eigenvalue weighted by Crippen LogP contribution is 2.36. The van der Waals surface area contributed by atoms with Crippen LogP contribution >= 0.6 is 0 Å². The van der Waals surface area contributed by atoms with Crippen LogP contribution < -0.4 is 4.74 Å². The third-order valence-electron chi connectivity index (χ3n) is 3.17. The standard InChI is InChI=1S/C14H13N3O2/c15-8-4-3-7-13-16-14(17-19-13)11-9-18-12-6-2-1-5-10(11)12/h1-2,5-6,11H,3-4,7,9H2. The second-order valence-corrected chi connectivity index (χ2v) is 4.46. The van der Waals surface area contributed by atoms with Crippen molar-refractivity contribution in [1.29, 1.82) is 5.26 Å². The van der Waals surface area contributed by atoms with Gasteiger partial charge in [-0.3, -0.25) is 0 Å². The summed E-state index contributed by atoms with van der Waals surface area (Å²) in [7, 11) is 0. The molecule has 1 aromatic heterocycles. The molecule has 5 heteroatoms. The van der Waals surface area contributed by atoms with E-state index >= 15 is 0 Å². The number of benzene rings is 1. The Bertz CT molecular complexity index is 615. The van der Waals surface area contributed by atoms with Gasteiger partial charge in [0.15, 0.2) is 5.82 Å². The first-order valence-corrected chi connectivity index (χ1v) is 6.29. The van der Waals surface area contributed by atoms with Crippen LogP contribution in [0.3, 0.4) is 0 Å². The number of hydrogen-bond acceptors (Lipinski definition) is 5. The average Bonchev–Trinajstić information content (AvgIpc) is 3.05. The molecule has 5 nitrogen and oxygen atoms in total. The number of nitriles is 1. The summed E-state index contributed by atoms with van der Waals surface area (Å²) in [5.41, 5.74) is 1.10. The number of hydrogen-bond donors (Lipinski definition) is 0. The number of rotatable bonds is 4. The molecule has 0 saturated carbocycles. The first-order valence-electron chi connectivity index (χ1n) is 6.29. The molecule has 1 aromatic carbocycles. The van der Waals surface area contributed by atoms with E-state index in [0.717, 1.165) is 17.7 Å². The zero-order valence-electron chi connectivity index (χ0n) is 10.4. The molecule has 0 saturated heterocycles. The van der Waals surface area contributed by atoms with E-state index in [9.17, 15) is 0 Å². The summed E-state index contributed by atoms with van der Waals surface area (Å²) < 4.78 is 10.8. The molecule has 1 atom stereocenters. The van der Waals surface area contributed by atoms with Gasteiger partial charge < -0.3 is 9.26 Å². The molecule has 0 aliphatic carbocycles. The van der Waals surface area contributed by atoms with E-state index in [1.54, 1.807) is 0 Å². The molecular formula is C14H13N3O2. The lowest BCUT2D eigenvalue weighted by Crippen LogP contribution is -2.04. The number of ether oxygens (including phenoxy) is 1. The van der Waals surface area contributed by atoms with Crippen molar-refractivity contribution in [3.05, 3.63) is 41.5 Å². The molecule has 2 heterocycles. The van der Waals surface area contributed by atoms with Gasteiger partial charge in [-0.05, 0) is 12.5 Å². The minimum Gasteiger partial charge on any atom is -0.492 e. The van der Waals surface area contributed by atoms with Crippen LogP contribution in [0.4, 0.5) is 0 Å². The third-order valence-corrected chi connectivity index (χ3v) is 3.17. The van der Waals surface area contributed by atoms with Crippen LogP contribution in [0.1, 0.15) is 36.0 Å². The number of para-hydroxylation sites is 1. The van der Waals surface area contributed by atoms with E-state index in [0.29, 0.717) is 31.2 Å². The van der Waals surface area contributed by atoms with Crippen molar-refractivity contribution in [2.45, 2.75) is 25.2 Å². The fourth-order valence-electron chi connectivity index (χ4n) is 2.21. The minimum absolute atomic E-state index is 0.0460. The van der Waals surface area contributed by atoms with Gasteiger partial charge in [0.05, 0.1) is 12.0 Å². The summed E-state index contributed by atoms with van der Waals surface area (Å²) in [6, 6.07) is 10.0. The zero-order valence-corrected chi connectivity index (χ0v) is 10.4. The molecule has 0 fully saturated rings. The van der Waals surface area contributed by atoms with E-state index in [4.69, 9.17) is 14.5 Å². The Labute approximate surface area is 110 Å². The molecule has 96 valence electrons. The normalized spacial score (nSPS) is 16.7. The molecule has 3 rings (SSSR count). The van der Waals surface area contributed by atoms with E-state index in [1.807, 2.05) is 24.3 Å². The van der Waals surface area contributed by atoms with Crippen LogP contribution in [0.2, 0.25) is 0 Å². The van der Waals surface area contributed by atoms with Gasteiger partial charge in [-0.25, -0.2) is 0 Å². The fraction of sp³-hybridized carbons (Fsp3) is 0.357. The number of aromatic nitrogens is 2. The van der Waals surface area contributed by atoms with Crippen molar-refractivity contribution in [2.24, 2.45) is 0 Å². The quantitative estimate of drug-likeness (QED) is 0.784. The molecule has 0 radical (unpaired) electrons. The van der Waals surface area contributed by atoms with E-state index in [2.05, 4.69) is 16.2 Å². The average molecular weight is 255 g/mol. The van der Waals surface area contributed by atoms with Crippen LogP contribution in [0, 0.1) is 11.3 Å². The van der Waals surface area contributed by atoms with Gasteiger partial charge in [-0.1, -0.05) is 23.4 Å². The molecule has 0 spiro atoms. The van der Waals surface area contributed by atoms with Crippen LogP contribution in [-0.4, -0.2) is 16.7 Å². The monoisotopic (exact) mass is 255 g/mol. The lowest BCUT2D eigenvalue weighted by atomic mass is 10.0. The highest BCUT2D eigenvalue weighted by atomic mass is 16.5. The Morgan fingerprint density at radius 3 is 3.16 bits per heavy atom. The minimum atomic E-state index is 0.0460. The Kier molecular flexibility index (Phi) is 3.15. The zero-order chi connectivity index (χ0) is 13.1. The molecule has 0 N–H and O–H groups in total. The summed E-state index contributed by atoms with van der Waals surface area (Å²) in [6.07, 6.45) is 1.90. The second-order valence-electron chi connectivity index (χ2n) is 4.46. The summed E-state index contributed by atoms with van der Waals surface area (Å²) in [4.78, 5) is 4.40. The molecule has 19 heavy (non-hydrogen) atoms. The fourth-order valence-corrected chi connectivity index (χ4v) is 2.21. The predicted molar refractivity (Wildman–Crippen MR) is 66.6 cm³/mol. The van der Waals surface area contributed by atoms with E-state index in [1.165, 1.54) is 0 Å². The number of nitrogens with zero attached hydrogens (tertiary/aromatic N) is 3. The Balaban J connectivity index is 1.76. The molecular weight excluding hydrogens is 242 g/mol. The smallest absolute Gasteiger partial charge is 0.226 e. The summed E-state index contributed by atoms with van der Waals surface area (Å²) in [5.74, 6) is 2.19. The van der Waals surface area contributed by atoms with Crippen molar-refractivity contribution < 1.29 is 9.26 Å². The van der Waals surface area contributed by atoms with Crippen LogP contribution in [-0.2, 0) is 6.42 Å². The van der Waals surface area contributed by atoms with Gasteiger partial charge in [-0.2, -0.15) is 10.2 Å². The number of unbranched alkanes of at least 4 members (excludes halogenated alkanes) is 1.